The van der Waals surface area contributed by atoms with E-state index < -0.39 is 5.67 Å². The zero-order valence-corrected chi connectivity index (χ0v) is 5.82. The van der Waals surface area contributed by atoms with E-state index in [1.54, 1.807) is 13.0 Å². The van der Waals surface area contributed by atoms with E-state index in [1.165, 1.54) is 0 Å². The highest BCUT2D eigenvalue weighted by molar-refractivity contribution is 5.25. The van der Waals surface area contributed by atoms with E-state index in [1.807, 2.05) is 19.1 Å². The molecule has 0 aromatic rings. The third kappa shape index (κ3) is 1.67. The minimum atomic E-state index is -1.10. The van der Waals surface area contributed by atoms with Crippen molar-refractivity contribution in [1.29, 1.82) is 0 Å². The van der Waals surface area contributed by atoms with E-state index in [0.717, 1.165) is 5.57 Å². The highest BCUT2D eigenvalue weighted by Gasteiger charge is 2.19. The molecule has 50 valence electrons. The summed E-state index contributed by atoms with van der Waals surface area (Å²) in [6.45, 7) is 3.51. The second kappa shape index (κ2) is 1.98. The van der Waals surface area contributed by atoms with E-state index >= 15 is 0 Å². The first kappa shape index (κ1) is 6.53. The molecule has 0 fully saturated rings. The van der Waals surface area contributed by atoms with Crippen molar-refractivity contribution in [2.24, 2.45) is 0 Å². The van der Waals surface area contributed by atoms with Gasteiger partial charge in [-0.25, -0.2) is 4.39 Å². The van der Waals surface area contributed by atoms with Crippen molar-refractivity contribution in [2.45, 2.75) is 25.9 Å². The molecule has 0 aliphatic heterocycles. The number of hydrogen-bond acceptors (Lipinski definition) is 0. The molecule has 1 atom stereocenters. The topological polar surface area (TPSA) is 0 Å². The van der Waals surface area contributed by atoms with Crippen LogP contribution in [0.3, 0.4) is 0 Å². The summed E-state index contributed by atoms with van der Waals surface area (Å²) < 4.78 is 13.0. The first-order chi connectivity index (χ1) is 4.10. The maximum Gasteiger partial charge on any atom is 0.130 e. The molecule has 0 saturated carbocycles. The van der Waals surface area contributed by atoms with Crippen molar-refractivity contribution in [3.05, 3.63) is 23.8 Å². The van der Waals surface area contributed by atoms with Crippen LogP contribution in [0.15, 0.2) is 23.8 Å². The fourth-order valence-corrected chi connectivity index (χ4v) is 1.06. The van der Waals surface area contributed by atoms with Crippen LogP contribution in [-0.4, -0.2) is 5.67 Å². The Kier molecular flexibility index (Phi) is 1.43. The Morgan fingerprint density at radius 3 is 2.67 bits per heavy atom. The molecule has 1 aliphatic rings. The quantitative estimate of drug-likeness (QED) is 0.468. The van der Waals surface area contributed by atoms with Gasteiger partial charge in [-0.3, -0.25) is 0 Å². The highest BCUT2D eigenvalue weighted by Crippen LogP contribution is 2.23. The van der Waals surface area contributed by atoms with Gasteiger partial charge in [-0.05, 0) is 19.9 Å². The normalized spacial score (nSPS) is 34.3. The molecular formula is C8H11F. The van der Waals surface area contributed by atoms with Crippen molar-refractivity contribution >= 4 is 0 Å². The molecule has 1 heteroatoms. The first-order valence-corrected chi connectivity index (χ1v) is 3.15. The van der Waals surface area contributed by atoms with Gasteiger partial charge in [0.1, 0.15) is 5.67 Å². The van der Waals surface area contributed by atoms with Crippen LogP contribution in [0.5, 0.6) is 0 Å². The van der Waals surface area contributed by atoms with Crippen LogP contribution in [0.2, 0.25) is 0 Å². The lowest BCUT2D eigenvalue weighted by Crippen LogP contribution is -2.15. The molecule has 0 nitrogen and oxygen atoms in total. The Balaban J connectivity index is 2.78. The van der Waals surface area contributed by atoms with Gasteiger partial charge in [0.15, 0.2) is 0 Å². The molecule has 0 radical (unpaired) electrons. The Morgan fingerprint density at radius 1 is 1.67 bits per heavy atom. The fraction of sp³-hybridized carbons (Fsp3) is 0.500. The first-order valence-electron chi connectivity index (χ1n) is 3.15. The highest BCUT2D eigenvalue weighted by atomic mass is 19.1. The average molecular weight is 126 g/mol. The van der Waals surface area contributed by atoms with E-state index in [9.17, 15) is 4.39 Å². The zero-order chi connectivity index (χ0) is 6.91. The second-order valence-corrected chi connectivity index (χ2v) is 2.77. The number of hydrogen-bond donors (Lipinski definition) is 0. The Bertz CT molecular complexity index is 163. The Hall–Kier alpha value is -0.590. The third-order valence-electron chi connectivity index (χ3n) is 1.43. The molecule has 0 spiro atoms. The van der Waals surface area contributed by atoms with Gasteiger partial charge in [0.2, 0.25) is 0 Å². The molecule has 0 saturated heterocycles. The summed E-state index contributed by atoms with van der Waals surface area (Å²) in [6, 6.07) is 0. The SMILES string of the molecule is CC1=CC(C)(F)CC=C1. The number of halogens is 1. The molecule has 0 amide bonds. The molecule has 0 aromatic carbocycles. The van der Waals surface area contributed by atoms with Crippen LogP contribution < -0.4 is 0 Å². The lowest BCUT2D eigenvalue weighted by atomic mass is 9.96. The minimum absolute atomic E-state index is 0.518. The molecule has 0 heterocycles. The van der Waals surface area contributed by atoms with Crippen LogP contribution >= 0.6 is 0 Å². The summed E-state index contributed by atoms with van der Waals surface area (Å²) in [7, 11) is 0. The minimum Gasteiger partial charge on any atom is -0.239 e. The van der Waals surface area contributed by atoms with Crippen molar-refractivity contribution in [3.63, 3.8) is 0 Å². The molecule has 1 aliphatic carbocycles. The molecule has 1 rings (SSSR count). The maximum atomic E-state index is 13.0. The van der Waals surface area contributed by atoms with Crippen LogP contribution in [-0.2, 0) is 0 Å². The van der Waals surface area contributed by atoms with Crippen molar-refractivity contribution in [3.8, 4) is 0 Å². The van der Waals surface area contributed by atoms with Gasteiger partial charge < -0.3 is 0 Å². The summed E-state index contributed by atoms with van der Waals surface area (Å²) >= 11 is 0. The summed E-state index contributed by atoms with van der Waals surface area (Å²) in [5.74, 6) is 0. The van der Waals surface area contributed by atoms with Gasteiger partial charge in [-0.1, -0.05) is 17.7 Å². The zero-order valence-electron chi connectivity index (χ0n) is 5.82. The van der Waals surface area contributed by atoms with Crippen LogP contribution in [0.4, 0.5) is 4.39 Å². The van der Waals surface area contributed by atoms with Gasteiger partial charge in [-0.2, -0.15) is 0 Å². The van der Waals surface area contributed by atoms with E-state index in [-0.39, 0.29) is 0 Å². The molecule has 1 unspecified atom stereocenters. The van der Waals surface area contributed by atoms with Crippen molar-refractivity contribution in [1.82, 2.24) is 0 Å². The molecule has 0 N–H and O–H groups in total. The van der Waals surface area contributed by atoms with Crippen LogP contribution in [0, 0.1) is 0 Å². The second-order valence-electron chi connectivity index (χ2n) is 2.77. The van der Waals surface area contributed by atoms with Crippen LogP contribution in [0.1, 0.15) is 20.3 Å². The van der Waals surface area contributed by atoms with Gasteiger partial charge in [0.05, 0.1) is 0 Å². The van der Waals surface area contributed by atoms with E-state index in [0.29, 0.717) is 6.42 Å². The van der Waals surface area contributed by atoms with Gasteiger partial charge >= 0.3 is 0 Å². The fourth-order valence-electron chi connectivity index (χ4n) is 1.06. The molecular weight excluding hydrogens is 115 g/mol. The Labute approximate surface area is 55.1 Å². The van der Waals surface area contributed by atoms with Crippen LogP contribution in [0.25, 0.3) is 0 Å². The smallest absolute Gasteiger partial charge is 0.130 e. The summed E-state index contributed by atoms with van der Waals surface area (Å²) in [6.07, 6.45) is 5.99. The van der Waals surface area contributed by atoms with Crippen molar-refractivity contribution in [2.75, 3.05) is 0 Å². The monoisotopic (exact) mass is 126 g/mol. The predicted molar refractivity (Wildman–Crippen MR) is 37.0 cm³/mol. The predicted octanol–water partition coefficient (Wildman–Crippen LogP) is 2.62. The number of alkyl halides is 1. The summed E-state index contributed by atoms with van der Waals surface area (Å²) in [4.78, 5) is 0. The van der Waals surface area contributed by atoms with Gasteiger partial charge in [-0.15, -0.1) is 0 Å². The third-order valence-corrected chi connectivity index (χ3v) is 1.43. The molecule has 9 heavy (non-hydrogen) atoms. The van der Waals surface area contributed by atoms with E-state index in [2.05, 4.69) is 0 Å². The summed E-state index contributed by atoms with van der Waals surface area (Å²) in [5.41, 5.74) is -0.0787. The van der Waals surface area contributed by atoms with E-state index in [4.69, 9.17) is 0 Å². The summed E-state index contributed by atoms with van der Waals surface area (Å²) in [5, 5.41) is 0. The van der Waals surface area contributed by atoms with Gasteiger partial charge in [0.25, 0.3) is 0 Å². The molecule has 0 aromatic heterocycles. The maximum absolute atomic E-state index is 13.0. The van der Waals surface area contributed by atoms with Gasteiger partial charge in [0, 0.05) is 6.42 Å². The lowest BCUT2D eigenvalue weighted by molar-refractivity contribution is 0.258. The number of allylic oxidation sites excluding steroid dienone is 4. The Morgan fingerprint density at radius 2 is 2.33 bits per heavy atom. The number of rotatable bonds is 0. The lowest BCUT2D eigenvalue weighted by Gasteiger charge is -2.17. The standard InChI is InChI=1S/C8H11F/c1-7-4-3-5-8(2,9)6-7/h3-4,6H,5H2,1-2H3. The largest absolute Gasteiger partial charge is 0.239 e. The molecule has 0 bridgehead atoms. The van der Waals surface area contributed by atoms with Crippen molar-refractivity contribution < 1.29 is 4.39 Å². The average Bonchev–Trinajstić information content (AvgIpc) is 1.60.